The molecule has 8 rings (SSSR count). The van der Waals surface area contributed by atoms with E-state index in [4.69, 9.17) is 17.3 Å². The predicted octanol–water partition coefficient (Wildman–Crippen LogP) is 7.12. The lowest BCUT2D eigenvalue weighted by atomic mass is 9.94. The standard InChI is InChI=1S/C28H42N10O2S.C24H20F2N2O3.C2H6/c1-2-18-41-28-35-25(33-13-11-29)24(30)26(36-28)38(31)19-22-7-5-21(6-8-22)4-3-12-34-27(40)23-9-15-37(16-10-23)17-14-32-20-39;1-14-4-3-5-16(12-14)21-15(2)6-9-20(27-21)28-22(29)23(10-11-23)17-7-8-18-19(13-17)31-24(25,26)30-18;1-2/h5-8,20,23H,2,9-19,29-31H2,1H3,(H,32,39)(H,34,40)(H,33,35,36);3-9,12-13H,10-11H2,1-2H3,(H,27,28,29);1-2H3. The molecule has 3 aromatic carbocycles. The second-order valence-corrected chi connectivity index (χ2v) is 18.8. The van der Waals surface area contributed by atoms with Crippen molar-refractivity contribution in [3.8, 4) is 34.6 Å². The van der Waals surface area contributed by atoms with E-state index < -0.39 is 11.7 Å². The number of ether oxygens (including phenoxy) is 2. The van der Waals surface area contributed by atoms with Crippen molar-refractivity contribution in [2.45, 2.75) is 90.1 Å². The number of anilines is 4. The lowest BCUT2D eigenvalue weighted by molar-refractivity contribution is -0.286. The number of carbonyl (C=O) groups excluding carboxylic acids is 3. The molecule has 0 radical (unpaired) electrons. The van der Waals surface area contributed by atoms with Gasteiger partial charge in [-0.25, -0.2) is 20.8 Å². The number of alkyl halides is 2. The van der Waals surface area contributed by atoms with Crippen LogP contribution in [0.3, 0.4) is 0 Å². The minimum Gasteiger partial charge on any atom is -0.395 e. The van der Waals surface area contributed by atoms with E-state index in [2.05, 4.69) is 69.4 Å². The van der Waals surface area contributed by atoms with Gasteiger partial charge in [0.2, 0.25) is 18.2 Å². The Labute approximate surface area is 436 Å². The molecule has 3 aliphatic rings. The van der Waals surface area contributed by atoms with Crippen LogP contribution in [0.15, 0.2) is 84.0 Å². The molecule has 74 heavy (non-hydrogen) atoms. The zero-order valence-corrected chi connectivity index (χ0v) is 43.5. The van der Waals surface area contributed by atoms with Gasteiger partial charge in [-0.3, -0.25) is 19.4 Å². The lowest BCUT2D eigenvalue weighted by Gasteiger charge is -2.30. The van der Waals surface area contributed by atoms with Crippen LogP contribution in [0.5, 0.6) is 11.5 Å². The van der Waals surface area contributed by atoms with Gasteiger partial charge in [0.05, 0.1) is 24.2 Å². The SMILES string of the molecule is CC.CCCSc1nc(NCCN)c(N)c(N(N)Cc2ccc(C#CCNC(=O)C3CCN(CCNC=O)CC3)cc2)n1.Cc1cccc(-c2nc(NC(=O)C3(c4ccc5c(c4)OC(F)(F)O5)CC3)ccc2C)c1. The topological polar surface area (TPSA) is 241 Å². The highest BCUT2D eigenvalue weighted by Crippen LogP contribution is 2.52. The van der Waals surface area contributed by atoms with Gasteiger partial charge in [0.1, 0.15) is 11.5 Å². The third-order valence-electron chi connectivity index (χ3n) is 12.3. The molecule has 394 valence electrons. The van der Waals surface area contributed by atoms with Gasteiger partial charge in [0.15, 0.2) is 28.3 Å². The fourth-order valence-electron chi connectivity index (χ4n) is 8.26. The number of pyridine rings is 1. The van der Waals surface area contributed by atoms with Gasteiger partial charge >= 0.3 is 6.29 Å². The van der Waals surface area contributed by atoms with Gasteiger partial charge in [0.25, 0.3) is 0 Å². The maximum atomic E-state index is 13.3. The number of nitrogen functional groups attached to an aromatic ring is 1. The smallest absolute Gasteiger partial charge is 0.395 e. The first kappa shape index (κ1) is 56.2. The third kappa shape index (κ3) is 15.3. The number of nitrogens with zero attached hydrogens (tertiary/aromatic N) is 5. The molecule has 2 fully saturated rings. The molecule has 2 aromatic heterocycles. The van der Waals surface area contributed by atoms with Gasteiger partial charge in [0, 0.05) is 49.0 Å². The summed E-state index contributed by atoms with van der Waals surface area (Å²) in [4.78, 5) is 52.1. The molecule has 3 amide bonds. The molecule has 0 bridgehead atoms. The monoisotopic (exact) mass is 1030 g/mol. The normalized spacial score (nSPS) is 14.9. The number of hydrogen-bond donors (Lipinski definition) is 7. The average Bonchev–Trinajstić information content (AvgIpc) is 4.15. The first-order chi connectivity index (χ1) is 35.7. The number of fused-ring (bicyclic) bond motifs is 1. The van der Waals surface area contributed by atoms with Gasteiger partial charge < -0.3 is 47.1 Å². The Morgan fingerprint density at radius 1 is 0.959 bits per heavy atom. The molecular weight excluding hydrogens is 967 g/mol. The lowest BCUT2D eigenvalue weighted by Crippen LogP contribution is -2.42. The molecule has 1 aliphatic carbocycles. The van der Waals surface area contributed by atoms with Crippen LogP contribution in [0.1, 0.15) is 80.7 Å². The summed E-state index contributed by atoms with van der Waals surface area (Å²) in [5.41, 5.74) is 17.9. The number of likely N-dealkylation sites (tertiary alicyclic amines) is 1. The van der Waals surface area contributed by atoms with E-state index in [0.717, 1.165) is 78.2 Å². The fourth-order valence-corrected chi connectivity index (χ4v) is 8.96. The molecule has 1 saturated carbocycles. The van der Waals surface area contributed by atoms with Crippen molar-refractivity contribution < 1.29 is 32.6 Å². The molecular formula is C54H68F2N12O5S. The number of halogens is 2. The number of aromatic nitrogens is 3. The highest BCUT2D eigenvalue weighted by atomic mass is 32.2. The summed E-state index contributed by atoms with van der Waals surface area (Å²) in [5.74, 6) is 14.6. The van der Waals surface area contributed by atoms with Crippen LogP contribution in [0, 0.1) is 31.6 Å². The van der Waals surface area contributed by atoms with Crippen molar-refractivity contribution in [3.05, 3.63) is 107 Å². The molecule has 20 heteroatoms. The van der Waals surface area contributed by atoms with Crippen LogP contribution in [0.25, 0.3) is 11.3 Å². The highest BCUT2D eigenvalue weighted by molar-refractivity contribution is 7.99. The fraction of sp³-hybridized carbons (Fsp3) is 0.407. The Balaban J connectivity index is 0.000000240. The predicted molar refractivity (Wildman–Crippen MR) is 288 cm³/mol. The zero-order valence-electron chi connectivity index (χ0n) is 42.7. The number of hydrogen-bond acceptors (Lipinski definition) is 15. The second-order valence-electron chi connectivity index (χ2n) is 17.8. The van der Waals surface area contributed by atoms with E-state index in [9.17, 15) is 23.2 Å². The average molecular weight is 1040 g/mol. The number of thioether (sulfide) groups is 1. The van der Waals surface area contributed by atoms with Crippen molar-refractivity contribution in [2.75, 3.05) is 72.9 Å². The second kappa shape index (κ2) is 26.8. The molecule has 10 N–H and O–H groups in total. The number of aryl methyl sites for hydroxylation is 2. The van der Waals surface area contributed by atoms with Crippen LogP contribution in [0.4, 0.5) is 31.9 Å². The number of amides is 3. The molecule has 0 spiro atoms. The van der Waals surface area contributed by atoms with Crippen molar-refractivity contribution in [1.29, 1.82) is 0 Å². The number of benzene rings is 3. The first-order valence-electron chi connectivity index (χ1n) is 25.0. The summed E-state index contributed by atoms with van der Waals surface area (Å²) in [7, 11) is 0. The Morgan fingerprint density at radius 2 is 1.70 bits per heavy atom. The molecule has 2 aliphatic heterocycles. The summed E-state index contributed by atoms with van der Waals surface area (Å²) in [6.07, 6.45) is 0.879. The van der Waals surface area contributed by atoms with Crippen molar-refractivity contribution >= 4 is 53.1 Å². The summed E-state index contributed by atoms with van der Waals surface area (Å²) >= 11 is 1.55. The molecule has 5 aromatic rings. The number of piperidine rings is 1. The minimum atomic E-state index is -3.68. The van der Waals surface area contributed by atoms with Gasteiger partial charge in [-0.15, -0.1) is 8.78 Å². The minimum absolute atomic E-state index is 0.00309. The summed E-state index contributed by atoms with van der Waals surface area (Å²) in [6.45, 7) is 14.9. The molecule has 0 unspecified atom stereocenters. The number of nitrogens with one attached hydrogen (secondary N) is 4. The van der Waals surface area contributed by atoms with Crippen LogP contribution in [-0.4, -0.2) is 95.9 Å². The van der Waals surface area contributed by atoms with E-state index in [0.29, 0.717) is 85.8 Å². The van der Waals surface area contributed by atoms with Crippen LogP contribution in [-0.2, 0) is 26.3 Å². The first-order valence-corrected chi connectivity index (χ1v) is 26.0. The largest absolute Gasteiger partial charge is 0.586 e. The van der Waals surface area contributed by atoms with E-state index >= 15 is 0 Å². The molecule has 17 nitrogen and oxygen atoms in total. The molecule has 0 atom stereocenters. The van der Waals surface area contributed by atoms with Gasteiger partial charge in [-0.05, 0) is 112 Å². The van der Waals surface area contributed by atoms with Crippen LogP contribution >= 0.6 is 11.8 Å². The number of rotatable bonds is 19. The Hall–Kier alpha value is -7.05. The van der Waals surface area contributed by atoms with E-state index in [1.165, 1.54) is 17.1 Å². The maximum absolute atomic E-state index is 13.3. The third-order valence-corrected chi connectivity index (χ3v) is 13.4. The Kier molecular flexibility index (Phi) is 20.3. The van der Waals surface area contributed by atoms with Crippen molar-refractivity contribution in [2.24, 2.45) is 17.5 Å². The quantitative estimate of drug-likeness (QED) is 0.00829. The molecule has 1 saturated heterocycles. The molecule has 4 heterocycles. The summed E-state index contributed by atoms with van der Waals surface area (Å²) < 4.78 is 35.7. The van der Waals surface area contributed by atoms with Crippen LogP contribution < -0.4 is 53.1 Å². The number of hydrazine groups is 1. The van der Waals surface area contributed by atoms with Gasteiger partial charge in [-0.2, -0.15) is 0 Å². The number of carbonyl (C=O) groups is 3. The van der Waals surface area contributed by atoms with Crippen LogP contribution in [0.2, 0.25) is 0 Å². The maximum Gasteiger partial charge on any atom is 0.586 e. The van der Waals surface area contributed by atoms with Crippen molar-refractivity contribution in [1.82, 2.24) is 30.5 Å². The van der Waals surface area contributed by atoms with E-state index in [1.807, 2.05) is 82.3 Å². The Morgan fingerprint density at radius 3 is 2.39 bits per heavy atom. The highest BCUT2D eigenvalue weighted by Gasteiger charge is 2.53. The van der Waals surface area contributed by atoms with E-state index in [-0.39, 0.29) is 29.2 Å². The van der Waals surface area contributed by atoms with Gasteiger partial charge in [-0.1, -0.05) is 92.4 Å². The Bertz CT molecular complexity index is 2760. The zero-order chi connectivity index (χ0) is 53.3. The van der Waals surface area contributed by atoms with E-state index in [1.54, 1.807) is 23.9 Å². The number of nitrogens with two attached hydrogens (primary N) is 3. The summed E-state index contributed by atoms with van der Waals surface area (Å²) in [6, 6.07) is 24.0. The van der Waals surface area contributed by atoms with Crippen molar-refractivity contribution in [3.63, 3.8) is 0 Å². The summed E-state index contributed by atoms with van der Waals surface area (Å²) in [5, 5.41) is 13.8.